The Balaban J connectivity index is 0. The molecule has 0 rings (SSSR count). The first-order chi connectivity index (χ1) is 9.84. The summed E-state index contributed by atoms with van der Waals surface area (Å²) in [5.41, 5.74) is 0.697. The largest absolute Gasteiger partial charge is 0.477 e. The molecule has 0 heterocycles. The zero-order chi connectivity index (χ0) is 18.1. The molecule has 0 saturated heterocycles. The van der Waals surface area contributed by atoms with Crippen molar-refractivity contribution in [2.24, 2.45) is 0 Å². The SMILES string of the molecule is C=C(C)C(=O)OC.C=C(C)C(=O)OCC(C(=O)O)[N+](C)(C)C. The summed E-state index contributed by atoms with van der Waals surface area (Å²) in [6.07, 6.45) is 0. The van der Waals surface area contributed by atoms with Crippen molar-refractivity contribution in [3.8, 4) is 0 Å². The van der Waals surface area contributed by atoms with Crippen molar-refractivity contribution in [1.82, 2.24) is 0 Å². The third kappa shape index (κ3) is 9.71. The standard InChI is InChI=1S/C10H17NO4.C5H8O2/c1-7(2)10(14)15-6-8(9(12)13)11(3,4)5;1-4(2)5(6)7-3/h8H,1,6H2,2-5H3;1H2,2-3H3/p+1. The van der Waals surface area contributed by atoms with Crippen LogP contribution in [0.25, 0.3) is 0 Å². The minimum Gasteiger partial charge on any atom is -0.477 e. The highest BCUT2D eigenvalue weighted by Gasteiger charge is 2.32. The van der Waals surface area contributed by atoms with Gasteiger partial charge < -0.3 is 19.1 Å². The zero-order valence-electron chi connectivity index (χ0n) is 14.1. The van der Waals surface area contributed by atoms with Gasteiger partial charge in [0.25, 0.3) is 0 Å². The van der Waals surface area contributed by atoms with Gasteiger partial charge in [-0.05, 0) is 13.8 Å². The van der Waals surface area contributed by atoms with Crippen LogP contribution in [0.4, 0.5) is 0 Å². The van der Waals surface area contributed by atoms with Gasteiger partial charge in [-0.1, -0.05) is 13.2 Å². The van der Waals surface area contributed by atoms with E-state index >= 15 is 0 Å². The predicted molar refractivity (Wildman–Crippen MR) is 82.1 cm³/mol. The molecule has 0 aromatic heterocycles. The second kappa shape index (κ2) is 9.73. The third-order valence-corrected chi connectivity index (χ3v) is 2.47. The quantitative estimate of drug-likeness (QED) is 0.447. The molecule has 126 valence electrons. The van der Waals surface area contributed by atoms with Gasteiger partial charge in [-0.15, -0.1) is 0 Å². The number of esters is 2. The minimum atomic E-state index is -0.989. The first-order valence-electron chi connectivity index (χ1n) is 6.45. The Morgan fingerprint density at radius 2 is 1.45 bits per heavy atom. The Labute approximate surface area is 131 Å². The maximum absolute atomic E-state index is 11.1. The fourth-order valence-electron chi connectivity index (χ4n) is 1.08. The molecule has 0 saturated carbocycles. The molecule has 0 spiro atoms. The number of likely N-dealkylation sites (N-methyl/N-ethyl adjacent to an activating group) is 1. The van der Waals surface area contributed by atoms with E-state index in [9.17, 15) is 14.4 Å². The number of nitrogens with zero attached hydrogens (tertiary/aromatic N) is 1. The van der Waals surface area contributed by atoms with E-state index < -0.39 is 18.0 Å². The fraction of sp³-hybridized carbons (Fsp3) is 0.533. The summed E-state index contributed by atoms with van der Waals surface area (Å²) < 4.78 is 9.28. The molecule has 22 heavy (non-hydrogen) atoms. The number of rotatable bonds is 6. The van der Waals surface area contributed by atoms with E-state index in [-0.39, 0.29) is 22.6 Å². The highest BCUT2D eigenvalue weighted by atomic mass is 16.5. The number of ether oxygens (including phenoxy) is 2. The molecule has 0 radical (unpaired) electrons. The van der Waals surface area contributed by atoms with E-state index in [0.29, 0.717) is 5.57 Å². The Bertz CT molecular complexity index is 447. The lowest BCUT2D eigenvalue weighted by Crippen LogP contribution is -2.52. The number of carboxylic acid groups (broad SMARTS) is 1. The molecule has 0 fully saturated rings. The van der Waals surface area contributed by atoms with Gasteiger partial charge in [-0.2, -0.15) is 0 Å². The van der Waals surface area contributed by atoms with Gasteiger partial charge in [-0.25, -0.2) is 14.4 Å². The number of aliphatic carboxylic acids is 1. The van der Waals surface area contributed by atoms with E-state index in [2.05, 4.69) is 17.9 Å². The van der Waals surface area contributed by atoms with Crippen LogP contribution in [0.1, 0.15) is 13.8 Å². The highest BCUT2D eigenvalue weighted by molar-refractivity contribution is 5.87. The number of carbonyl (C=O) groups excluding carboxylic acids is 2. The third-order valence-electron chi connectivity index (χ3n) is 2.47. The van der Waals surface area contributed by atoms with Crippen molar-refractivity contribution >= 4 is 17.9 Å². The molecule has 1 atom stereocenters. The van der Waals surface area contributed by atoms with Crippen molar-refractivity contribution in [2.45, 2.75) is 19.9 Å². The predicted octanol–water partition coefficient (Wildman–Crippen LogP) is 1.00. The van der Waals surface area contributed by atoms with Gasteiger partial charge in [0.1, 0.15) is 0 Å². The summed E-state index contributed by atoms with van der Waals surface area (Å²) >= 11 is 0. The average molecular weight is 316 g/mol. The maximum Gasteiger partial charge on any atom is 0.366 e. The van der Waals surface area contributed by atoms with E-state index in [1.54, 1.807) is 28.1 Å². The summed E-state index contributed by atoms with van der Waals surface area (Å²) in [5, 5.41) is 8.93. The van der Waals surface area contributed by atoms with Crippen molar-refractivity contribution in [3.63, 3.8) is 0 Å². The van der Waals surface area contributed by atoms with Crippen LogP contribution in [0.2, 0.25) is 0 Å². The lowest BCUT2D eigenvalue weighted by molar-refractivity contribution is -0.887. The van der Waals surface area contributed by atoms with Crippen LogP contribution in [0, 0.1) is 0 Å². The summed E-state index contributed by atoms with van der Waals surface area (Å²) in [5.74, 6) is -1.90. The minimum absolute atomic E-state index is 0.148. The Hall–Kier alpha value is -2.15. The van der Waals surface area contributed by atoms with Gasteiger partial charge in [0.2, 0.25) is 6.04 Å². The van der Waals surface area contributed by atoms with Crippen LogP contribution in [-0.4, -0.2) is 68.4 Å². The molecule has 1 N–H and O–H groups in total. The normalized spacial score (nSPS) is 11.4. The number of hydrogen-bond acceptors (Lipinski definition) is 5. The van der Waals surface area contributed by atoms with Crippen LogP contribution < -0.4 is 0 Å². The average Bonchev–Trinajstić information content (AvgIpc) is 2.36. The van der Waals surface area contributed by atoms with Crippen molar-refractivity contribution in [3.05, 3.63) is 24.3 Å². The first kappa shape index (κ1) is 22.1. The summed E-state index contributed by atoms with van der Waals surface area (Å²) in [6, 6.07) is -0.770. The summed E-state index contributed by atoms with van der Waals surface area (Å²) in [7, 11) is 6.52. The number of methoxy groups -OCH3 is 1. The Morgan fingerprint density at radius 3 is 1.64 bits per heavy atom. The lowest BCUT2D eigenvalue weighted by Gasteiger charge is -2.30. The van der Waals surface area contributed by atoms with Gasteiger partial charge in [0.15, 0.2) is 6.61 Å². The molecule has 0 aliphatic heterocycles. The van der Waals surface area contributed by atoms with Crippen molar-refractivity contribution < 1.29 is 33.4 Å². The molecule has 0 amide bonds. The molecular formula is C15H26NO6+. The highest BCUT2D eigenvalue weighted by Crippen LogP contribution is 2.05. The number of carboxylic acids is 1. The van der Waals surface area contributed by atoms with Gasteiger partial charge >= 0.3 is 17.9 Å². The fourth-order valence-corrected chi connectivity index (χ4v) is 1.08. The van der Waals surface area contributed by atoms with E-state index in [0.717, 1.165) is 0 Å². The molecule has 1 unspecified atom stereocenters. The second-order valence-corrected chi connectivity index (χ2v) is 5.62. The van der Waals surface area contributed by atoms with Crippen LogP contribution in [0.15, 0.2) is 24.3 Å². The van der Waals surface area contributed by atoms with Gasteiger partial charge in [-0.3, -0.25) is 0 Å². The topological polar surface area (TPSA) is 89.9 Å². The van der Waals surface area contributed by atoms with E-state index in [1.807, 2.05) is 0 Å². The van der Waals surface area contributed by atoms with Gasteiger partial charge in [0, 0.05) is 11.1 Å². The first-order valence-corrected chi connectivity index (χ1v) is 6.45. The maximum atomic E-state index is 11.1. The summed E-state index contributed by atoms with van der Waals surface area (Å²) in [6.45, 7) is 9.74. The monoisotopic (exact) mass is 316 g/mol. The van der Waals surface area contributed by atoms with Crippen LogP contribution in [0.3, 0.4) is 0 Å². The molecule has 0 bridgehead atoms. The number of quaternary nitrogens is 1. The smallest absolute Gasteiger partial charge is 0.366 e. The molecular weight excluding hydrogens is 290 g/mol. The lowest BCUT2D eigenvalue weighted by atomic mass is 10.2. The van der Waals surface area contributed by atoms with E-state index in [4.69, 9.17) is 9.84 Å². The molecule has 7 heteroatoms. The second-order valence-electron chi connectivity index (χ2n) is 5.62. The van der Waals surface area contributed by atoms with Crippen LogP contribution >= 0.6 is 0 Å². The Morgan fingerprint density at radius 1 is 1.05 bits per heavy atom. The zero-order valence-corrected chi connectivity index (χ0v) is 14.1. The molecule has 0 aliphatic rings. The molecule has 7 nitrogen and oxygen atoms in total. The number of hydrogen-bond donors (Lipinski definition) is 1. The van der Waals surface area contributed by atoms with Crippen LogP contribution in [-0.2, 0) is 23.9 Å². The number of carbonyl (C=O) groups is 3. The molecule has 0 aromatic rings. The summed E-state index contributed by atoms with van der Waals surface area (Å²) in [4.78, 5) is 32.2. The Kier molecular flexibility index (Phi) is 9.79. The van der Waals surface area contributed by atoms with Crippen molar-refractivity contribution in [2.75, 3.05) is 34.9 Å². The van der Waals surface area contributed by atoms with Crippen LogP contribution in [0.5, 0.6) is 0 Å². The van der Waals surface area contributed by atoms with Crippen molar-refractivity contribution in [1.29, 1.82) is 0 Å². The van der Waals surface area contributed by atoms with Gasteiger partial charge in [0.05, 0.1) is 28.3 Å². The molecule has 0 aromatic carbocycles. The van der Waals surface area contributed by atoms with E-state index in [1.165, 1.54) is 14.0 Å². The molecule has 0 aliphatic carbocycles.